The van der Waals surface area contributed by atoms with E-state index in [2.05, 4.69) is 15.2 Å². The summed E-state index contributed by atoms with van der Waals surface area (Å²) in [6.45, 7) is 2.11. The Bertz CT molecular complexity index is 888. The molecule has 0 aliphatic heterocycles. The van der Waals surface area contributed by atoms with Crippen LogP contribution in [0.4, 0.5) is 0 Å². The van der Waals surface area contributed by atoms with E-state index in [1.54, 1.807) is 6.92 Å². The molecule has 0 unspecified atom stereocenters. The van der Waals surface area contributed by atoms with Gasteiger partial charge in [0.05, 0.1) is 18.5 Å². The first-order chi connectivity index (χ1) is 13.1. The third-order valence-corrected chi connectivity index (χ3v) is 7.68. The lowest BCUT2D eigenvalue weighted by atomic mass is 10.4. The minimum absolute atomic E-state index is 0.139. The molecule has 8 heteroatoms. The van der Waals surface area contributed by atoms with Crippen molar-refractivity contribution in [3.63, 3.8) is 0 Å². The van der Waals surface area contributed by atoms with Gasteiger partial charge in [0, 0.05) is 10.6 Å². The number of esters is 1. The average molecular weight is 401 g/mol. The Morgan fingerprint density at radius 1 is 1.07 bits per heavy atom. The van der Waals surface area contributed by atoms with Crippen molar-refractivity contribution in [2.45, 2.75) is 18.2 Å². The topological polar surface area (TPSA) is 84.9 Å². The number of hydrogen-bond acceptors (Lipinski definition) is 6. The fourth-order valence-corrected chi connectivity index (χ4v) is 5.77. The molecule has 140 valence electrons. The van der Waals surface area contributed by atoms with E-state index in [4.69, 9.17) is 4.74 Å². The second-order valence-corrected chi connectivity index (χ2v) is 9.50. The van der Waals surface area contributed by atoms with E-state index in [-0.39, 0.29) is 17.9 Å². The predicted molar refractivity (Wildman–Crippen MR) is 107 cm³/mol. The molecule has 1 N–H and O–H groups in total. The molecule has 0 aliphatic carbocycles. The number of rotatable bonds is 8. The minimum Gasteiger partial charge on any atom is -0.465 e. The number of carbonyl (C=O) groups is 1. The molecular weight excluding hydrogens is 381 g/mol. The van der Waals surface area contributed by atoms with Gasteiger partial charge < -0.3 is 9.30 Å². The smallest absolute Gasteiger partial charge is 0.316 e. The molecule has 1 aromatic heterocycles. The van der Waals surface area contributed by atoms with Gasteiger partial charge in [0.25, 0.3) is 0 Å². The van der Waals surface area contributed by atoms with E-state index in [0.29, 0.717) is 17.6 Å². The molecule has 0 radical (unpaired) electrons. The van der Waals surface area contributed by atoms with Crippen LogP contribution in [0.2, 0.25) is 0 Å². The third kappa shape index (κ3) is 4.87. The Morgan fingerprint density at radius 2 is 1.67 bits per heavy atom. The summed E-state index contributed by atoms with van der Waals surface area (Å²) in [6.07, 6.45) is 0.230. The number of H-pyrrole nitrogens is 1. The first-order valence-electron chi connectivity index (χ1n) is 8.52. The molecule has 0 saturated carbocycles. The Balaban J connectivity index is 1.82. The van der Waals surface area contributed by atoms with E-state index in [0.717, 1.165) is 10.6 Å². The minimum atomic E-state index is -2.92. The number of aromatic amines is 1. The molecule has 0 aliphatic rings. The Kier molecular flexibility index (Phi) is 6.48. The van der Waals surface area contributed by atoms with Crippen molar-refractivity contribution < 1.29 is 14.1 Å². The molecule has 1 heterocycles. The van der Waals surface area contributed by atoms with Gasteiger partial charge in [-0.15, -0.1) is 5.10 Å². The normalized spacial score (nSPS) is 11.3. The lowest BCUT2D eigenvalue weighted by Crippen LogP contribution is -2.17. The molecule has 3 rings (SSSR count). The summed E-state index contributed by atoms with van der Waals surface area (Å²) in [7, 11) is -2.92. The van der Waals surface area contributed by atoms with Crippen molar-refractivity contribution in [3.8, 4) is 0 Å². The van der Waals surface area contributed by atoms with Gasteiger partial charge in [-0.1, -0.05) is 72.4 Å². The second-order valence-electron chi connectivity index (χ2n) is 5.73. The summed E-state index contributed by atoms with van der Waals surface area (Å²) >= 11 is 1.19. The summed E-state index contributed by atoms with van der Waals surface area (Å²) < 4.78 is 18.9. The van der Waals surface area contributed by atoms with E-state index < -0.39 is 7.14 Å². The standard InChI is InChI=1S/C19H20N3O3PS/c1-2-25-18(23)14-27-19-20-17(21-22-19)13-26(24,15-9-5-3-6-10-15)16-11-7-4-8-12-16/h3-12H,2,13-14H2,1H3,(H,20,21,22). The zero-order chi connectivity index (χ0) is 19.1. The number of benzene rings is 2. The zero-order valence-electron chi connectivity index (χ0n) is 14.9. The zero-order valence-corrected chi connectivity index (χ0v) is 16.6. The van der Waals surface area contributed by atoms with Crippen LogP contribution in [-0.2, 0) is 20.3 Å². The molecule has 3 aromatic rings. The highest BCUT2D eigenvalue weighted by atomic mass is 32.2. The van der Waals surface area contributed by atoms with Gasteiger partial charge in [-0.05, 0) is 6.92 Å². The van der Waals surface area contributed by atoms with E-state index in [9.17, 15) is 9.36 Å². The van der Waals surface area contributed by atoms with Crippen LogP contribution in [0, 0.1) is 0 Å². The van der Waals surface area contributed by atoms with Crippen molar-refractivity contribution in [2.75, 3.05) is 12.4 Å². The molecule has 0 spiro atoms. The Morgan fingerprint density at radius 3 is 2.22 bits per heavy atom. The summed E-state index contributed by atoms with van der Waals surface area (Å²) in [5.41, 5.74) is 0. The number of aromatic nitrogens is 3. The lowest BCUT2D eigenvalue weighted by Gasteiger charge is -2.18. The van der Waals surface area contributed by atoms with Crippen molar-refractivity contribution in [1.82, 2.24) is 15.2 Å². The monoisotopic (exact) mass is 401 g/mol. The summed E-state index contributed by atoms with van der Waals surface area (Å²) in [4.78, 5) is 15.9. The van der Waals surface area contributed by atoms with Crippen LogP contribution >= 0.6 is 18.9 Å². The van der Waals surface area contributed by atoms with Gasteiger partial charge in [-0.3, -0.25) is 9.89 Å². The van der Waals surface area contributed by atoms with Crippen LogP contribution in [-0.4, -0.2) is 33.5 Å². The lowest BCUT2D eigenvalue weighted by molar-refractivity contribution is -0.139. The number of hydrogen-bond donors (Lipinski definition) is 1. The second kappa shape index (κ2) is 9.02. The van der Waals surface area contributed by atoms with Gasteiger partial charge in [-0.2, -0.15) is 0 Å². The largest absolute Gasteiger partial charge is 0.465 e. The van der Waals surface area contributed by atoms with E-state index in [1.165, 1.54) is 11.8 Å². The Hall–Kier alpha value is -2.37. The van der Waals surface area contributed by atoms with Crippen LogP contribution < -0.4 is 10.6 Å². The van der Waals surface area contributed by atoms with Crippen molar-refractivity contribution in [1.29, 1.82) is 0 Å². The number of ether oxygens (including phenoxy) is 1. The van der Waals surface area contributed by atoms with Crippen LogP contribution in [0.1, 0.15) is 12.7 Å². The van der Waals surface area contributed by atoms with Crippen LogP contribution in [0.5, 0.6) is 0 Å². The first-order valence-corrected chi connectivity index (χ1v) is 11.4. The third-order valence-electron chi connectivity index (χ3n) is 3.85. The molecule has 6 nitrogen and oxygen atoms in total. The SMILES string of the molecule is CCOC(=O)CSc1n[nH]c(CP(=O)(c2ccccc2)c2ccccc2)n1. The molecule has 0 bridgehead atoms. The number of nitrogens with zero attached hydrogens (tertiary/aromatic N) is 2. The highest BCUT2D eigenvalue weighted by Crippen LogP contribution is 2.46. The van der Waals surface area contributed by atoms with Crippen molar-refractivity contribution in [2.24, 2.45) is 0 Å². The fourth-order valence-electron chi connectivity index (χ4n) is 2.62. The highest BCUT2D eigenvalue weighted by molar-refractivity contribution is 7.99. The summed E-state index contributed by atoms with van der Waals surface area (Å²) in [6, 6.07) is 18.8. The quantitative estimate of drug-likeness (QED) is 0.355. The number of nitrogens with one attached hydrogen (secondary N) is 1. The van der Waals surface area contributed by atoms with Gasteiger partial charge in [0.2, 0.25) is 5.16 Å². The maximum absolute atomic E-state index is 14.0. The fraction of sp³-hybridized carbons (Fsp3) is 0.211. The Labute approximate surface area is 162 Å². The molecule has 0 saturated heterocycles. The number of carbonyl (C=O) groups excluding carboxylic acids is 1. The van der Waals surface area contributed by atoms with Gasteiger partial charge in [0.15, 0.2) is 7.14 Å². The highest BCUT2D eigenvalue weighted by Gasteiger charge is 2.29. The van der Waals surface area contributed by atoms with Crippen LogP contribution in [0.25, 0.3) is 0 Å². The van der Waals surface area contributed by atoms with Gasteiger partial charge in [-0.25, -0.2) is 4.98 Å². The summed E-state index contributed by atoms with van der Waals surface area (Å²) in [5, 5.41) is 8.95. The van der Waals surface area contributed by atoms with Gasteiger partial charge in [0.1, 0.15) is 5.82 Å². The van der Waals surface area contributed by atoms with Crippen molar-refractivity contribution >= 4 is 35.5 Å². The maximum atomic E-state index is 14.0. The molecule has 0 amide bonds. The number of thioether (sulfide) groups is 1. The van der Waals surface area contributed by atoms with Crippen LogP contribution in [0.15, 0.2) is 65.8 Å². The molecule has 0 atom stereocenters. The summed E-state index contributed by atoms with van der Waals surface area (Å²) in [5.74, 6) is 0.352. The first kappa shape index (κ1) is 19.4. The molecule has 27 heavy (non-hydrogen) atoms. The molecule has 2 aromatic carbocycles. The predicted octanol–water partition coefficient (Wildman–Crippen LogP) is 2.97. The average Bonchev–Trinajstić information content (AvgIpc) is 3.15. The maximum Gasteiger partial charge on any atom is 0.316 e. The van der Waals surface area contributed by atoms with Gasteiger partial charge >= 0.3 is 5.97 Å². The molecular formula is C19H20N3O3PS. The van der Waals surface area contributed by atoms with Crippen molar-refractivity contribution in [3.05, 3.63) is 66.5 Å². The van der Waals surface area contributed by atoms with E-state index in [1.807, 2.05) is 60.7 Å². The molecule has 0 fully saturated rings. The van der Waals surface area contributed by atoms with E-state index >= 15 is 0 Å². The van der Waals surface area contributed by atoms with Crippen LogP contribution in [0.3, 0.4) is 0 Å².